The van der Waals surface area contributed by atoms with Gasteiger partial charge in [-0.05, 0) is 59.2 Å². The fourth-order valence-corrected chi connectivity index (χ4v) is 4.63. The van der Waals surface area contributed by atoms with Crippen molar-refractivity contribution < 1.29 is 14.3 Å². The molecule has 0 aliphatic carbocycles. The Morgan fingerprint density at radius 3 is 2.54 bits per heavy atom. The average Bonchev–Trinajstić information content (AvgIpc) is 3.24. The van der Waals surface area contributed by atoms with E-state index >= 15 is 0 Å². The van der Waals surface area contributed by atoms with E-state index < -0.39 is 11.6 Å². The standard InChI is InChI=1S/C31H35ClN6O3/c1-18-14-35-24(19(2)26(18)40-7)17-38-16-23(25-27(32)36-30(33)37-28(25)38)13-12-21-8-10-22(11-9-21)15-34-20(3)29(39)41-31(4,5)6/h8-11,14,16,20,34H,15,17H2,1-7H3,(H2,33,36,37)/t20-/m0/s1. The topological polar surface area (TPSA) is 117 Å². The number of carbonyl (C=O) groups excluding carboxylic acids is 1. The SMILES string of the molecule is COc1c(C)cnc(Cn2cc(C#Cc3ccc(CN[C@@H](C)C(=O)OC(C)(C)C)cc3)c3c(Cl)nc(N)nc32)c1C. The minimum atomic E-state index is -0.521. The summed E-state index contributed by atoms with van der Waals surface area (Å²) >= 11 is 6.52. The van der Waals surface area contributed by atoms with Crippen molar-refractivity contribution >= 4 is 34.6 Å². The van der Waals surface area contributed by atoms with E-state index in [1.807, 2.05) is 69.6 Å². The first kappa shape index (κ1) is 29.8. The Bertz CT molecular complexity index is 1650. The number of nitrogen functional groups attached to an aromatic ring is 1. The molecule has 9 nitrogen and oxygen atoms in total. The lowest BCUT2D eigenvalue weighted by molar-refractivity contribution is -0.157. The van der Waals surface area contributed by atoms with Crippen molar-refractivity contribution in [2.45, 2.75) is 66.3 Å². The lowest BCUT2D eigenvalue weighted by atomic mass is 10.1. The van der Waals surface area contributed by atoms with Crippen LogP contribution < -0.4 is 15.8 Å². The van der Waals surface area contributed by atoms with Crippen LogP contribution in [-0.2, 0) is 22.6 Å². The molecule has 0 radical (unpaired) electrons. The number of anilines is 1. The number of hydrogen-bond donors (Lipinski definition) is 2. The van der Waals surface area contributed by atoms with Crippen molar-refractivity contribution in [3.63, 3.8) is 0 Å². The molecule has 4 rings (SSSR count). The fraction of sp³-hybridized carbons (Fsp3) is 0.355. The zero-order valence-corrected chi connectivity index (χ0v) is 25.2. The summed E-state index contributed by atoms with van der Waals surface area (Å²) in [5.74, 6) is 7.03. The molecule has 0 aliphatic rings. The van der Waals surface area contributed by atoms with Crippen molar-refractivity contribution in [3.8, 4) is 17.6 Å². The molecule has 0 bridgehead atoms. The molecule has 1 aromatic carbocycles. The minimum Gasteiger partial charge on any atom is -0.496 e. The van der Waals surface area contributed by atoms with Crippen LogP contribution in [0, 0.1) is 25.7 Å². The van der Waals surface area contributed by atoms with Crippen molar-refractivity contribution in [2.75, 3.05) is 12.8 Å². The van der Waals surface area contributed by atoms with Gasteiger partial charge in [-0.15, -0.1) is 0 Å². The Balaban J connectivity index is 1.56. The van der Waals surface area contributed by atoms with Gasteiger partial charge in [0.1, 0.15) is 28.2 Å². The number of rotatable bonds is 7. The summed E-state index contributed by atoms with van der Waals surface area (Å²) in [5.41, 5.74) is 11.3. The summed E-state index contributed by atoms with van der Waals surface area (Å²) in [6, 6.07) is 7.38. The van der Waals surface area contributed by atoms with Gasteiger partial charge in [-0.3, -0.25) is 9.78 Å². The Hall–Kier alpha value is -4.13. The van der Waals surface area contributed by atoms with Crippen LogP contribution >= 0.6 is 11.6 Å². The third kappa shape index (κ3) is 7.15. The van der Waals surface area contributed by atoms with Crippen LogP contribution in [0.25, 0.3) is 11.0 Å². The molecule has 4 aromatic rings. The lowest BCUT2D eigenvalue weighted by Crippen LogP contribution is -2.38. The Morgan fingerprint density at radius 2 is 1.88 bits per heavy atom. The van der Waals surface area contributed by atoms with Crippen molar-refractivity contribution in [1.29, 1.82) is 0 Å². The third-order valence-corrected chi connectivity index (χ3v) is 6.70. The Labute approximate surface area is 245 Å². The van der Waals surface area contributed by atoms with E-state index in [2.05, 4.69) is 32.1 Å². The van der Waals surface area contributed by atoms with Gasteiger partial charge < -0.3 is 25.1 Å². The first-order valence-electron chi connectivity index (χ1n) is 13.2. The predicted molar refractivity (Wildman–Crippen MR) is 161 cm³/mol. The number of fused-ring (bicyclic) bond motifs is 1. The van der Waals surface area contributed by atoms with Gasteiger partial charge in [0.15, 0.2) is 0 Å². The van der Waals surface area contributed by atoms with Crippen LogP contribution in [0.4, 0.5) is 5.95 Å². The number of nitrogens with two attached hydrogens (primary N) is 1. The number of pyridine rings is 1. The summed E-state index contributed by atoms with van der Waals surface area (Å²) in [4.78, 5) is 25.4. The summed E-state index contributed by atoms with van der Waals surface area (Å²) in [6.45, 7) is 12.2. The fourth-order valence-electron chi connectivity index (χ4n) is 4.36. The zero-order valence-electron chi connectivity index (χ0n) is 24.4. The van der Waals surface area contributed by atoms with Crippen LogP contribution in [0.5, 0.6) is 5.75 Å². The normalized spacial score (nSPS) is 12.1. The predicted octanol–water partition coefficient (Wildman–Crippen LogP) is 4.96. The van der Waals surface area contributed by atoms with Crippen molar-refractivity contribution in [3.05, 3.63) is 75.3 Å². The number of ether oxygens (including phenoxy) is 2. The number of hydrogen-bond acceptors (Lipinski definition) is 8. The highest BCUT2D eigenvalue weighted by molar-refractivity contribution is 6.34. The van der Waals surface area contributed by atoms with Crippen LogP contribution in [0.3, 0.4) is 0 Å². The van der Waals surface area contributed by atoms with Gasteiger partial charge in [0.05, 0.1) is 30.3 Å². The molecule has 1 atom stereocenters. The van der Waals surface area contributed by atoms with Crippen LogP contribution in [0.2, 0.25) is 5.15 Å². The number of benzene rings is 1. The number of aryl methyl sites for hydroxylation is 1. The molecule has 10 heteroatoms. The zero-order chi connectivity index (χ0) is 29.9. The first-order chi connectivity index (χ1) is 19.4. The van der Waals surface area contributed by atoms with Gasteiger partial charge >= 0.3 is 5.97 Å². The van der Waals surface area contributed by atoms with Crippen LogP contribution in [-0.4, -0.2) is 44.2 Å². The van der Waals surface area contributed by atoms with E-state index in [0.717, 1.165) is 33.7 Å². The summed E-state index contributed by atoms with van der Waals surface area (Å²) in [7, 11) is 1.65. The second-order valence-electron chi connectivity index (χ2n) is 10.9. The molecule has 3 N–H and O–H groups in total. The molecule has 3 aromatic heterocycles. The molecule has 0 unspecified atom stereocenters. The highest BCUT2D eigenvalue weighted by Gasteiger charge is 2.21. The van der Waals surface area contributed by atoms with E-state index in [4.69, 9.17) is 26.8 Å². The molecule has 0 amide bonds. The van der Waals surface area contributed by atoms with Gasteiger partial charge in [-0.25, -0.2) is 4.98 Å². The number of carbonyl (C=O) groups is 1. The van der Waals surface area contributed by atoms with Gasteiger partial charge in [0, 0.05) is 35.6 Å². The van der Waals surface area contributed by atoms with Crippen LogP contribution in [0.1, 0.15) is 61.2 Å². The van der Waals surface area contributed by atoms with Gasteiger partial charge in [0.2, 0.25) is 5.95 Å². The smallest absolute Gasteiger partial charge is 0.323 e. The highest BCUT2D eigenvalue weighted by atomic mass is 35.5. The molecular weight excluding hydrogens is 540 g/mol. The van der Waals surface area contributed by atoms with Crippen molar-refractivity contribution in [2.24, 2.45) is 0 Å². The van der Waals surface area contributed by atoms with E-state index in [9.17, 15) is 4.79 Å². The number of aromatic nitrogens is 4. The summed E-state index contributed by atoms with van der Waals surface area (Å²) < 4.78 is 12.9. The maximum absolute atomic E-state index is 12.2. The molecule has 0 aliphatic heterocycles. The third-order valence-electron chi connectivity index (χ3n) is 6.43. The second kappa shape index (κ2) is 12.2. The Morgan fingerprint density at radius 1 is 1.17 bits per heavy atom. The largest absolute Gasteiger partial charge is 0.496 e. The monoisotopic (exact) mass is 574 g/mol. The van der Waals surface area contributed by atoms with E-state index in [1.54, 1.807) is 20.2 Å². The molecule has 0 saturated carbocycles. The average molecular weight is 575 g/mol. The maximum atomic E-state index is 12.2. The number of nitrogens with zero attached hydrogens (tertiary/aromatic N) is 4. The number of nitrogens with one attached hydrogen (secondary N) is 1. The number of methoxy groups -OCH3 is 1. The second-order valence-corrected chi connectivity index (χ2v) is 11.2. The van der Waals surface area contributed by atoms with E-state index in [1.165, 1.54) is 0 Å². The first-order valence-corrected chi connectivity index (χ1v) is 13.6. The molecular formula is C31H35ClN6O3. The number of esters is 1. The van der Waals surface area contributed by atoms with Crippen molar-refractivity contribution in [1.82, 2.24) is 24.8 Å². The Kier molecular flexibility index (Phi) is 8.86. The molecule has 0 fully saturated rings. The number of halogens is 1. The van der Waals surface area contributed by atoms with Gasteiger partial charge in [0.25, 0.3) is 0 Å². The van der Waals surface area contributed by atoms with Gasteiger partial charge in [-0.2, -0.15) is 4.98 Å². The van der Waals surface area contributed by atoms with Crippen LogP contribution in [0.15, 0.2) is 36.7 Å². The minimum absolute atomic E-state index is 0.0812. The molecule has 0 saturated heterocycles. The molecule has 214 valence electrons. The van der Waals surface area contributed by atoms with E-state index in [-0.39, 0.29) is 17.1 Å². The van der Waals surface area contributed by atoms with E-state index in [0.29, 0.717) is 29.7 Å². The molecule has 41 heavy (non-hydrogen) atoms. The molecule has 3 heterocycles. The highest BCUT2D eigenvalue weighted by Crippen LogP contribution is 2.29. The molecule has 0 spiro atoms. The quantitative estimate of drug-likeness (QED) is 0.181. The summed E-state index contributed by atoms with van der Waals surface area (Å²) in [5, 5.41) is 4.07. The van der Waals surface area contributed by atoms with Gasteiger partial charge in [-0.1, -0.05) is 35.6 Å². The maximum Gasteiger partial charge on any atom is 0.323 e. The lowest BCUT2D eigenvalue weighted by Gasteiger charge is -2.22. The summed E-state index contributed by atoms with van der Waals surface area (Å²) in [6.07, 6.45) is 3.68.